The van der Waals surface area contributed by atoms with Crippen LogP contribution in [0.4, 0.5) is 4.39 Å². The molecule has 0 radical (unpaired) electrons. The summed E-state index contributed by atoms with van der Waals surface area (Å²) < 4.78 is 15.2. The molecule has 3 aromatic rings. The average molecular weight is 328 g/mol. The van der Waals surface area contributed by atoms with E-state index >= 15 is 0 Å². The normalized spacial score (nSPS) is 15.6. The van der Waals surface area contributed by atoms with Gasteiger partial charge in [-0.05, 0) is 36.6 Å². The number of aromatic nitrogens is 3. The highest BCUT2D eigenvalue weighted by molar-refractivity contribution is 6.33. The molecule has 1 saturated carbocycles. The lowest BCUT2D eigenvalue weighted by Gasteiger charge is -2.15. The van der Waals surface area contributed by atoms with E-state index in [1.54, 1.807) is 6.07 Å². The number of rotatable bonds is 3. The van der Waals surface area contributed by atoms with E-state index < -0.39 is 0 Å². The van der Waals surface area contributed by atoms with E-state index in [-0.39, 0.29) is 11.2 Å². The van der Waals surface area contributed by atoms with Crippen LogP contribution >= 0.6 is 11.6 Å². The average Bonchev–Trinajstić information content (AvgIpc) is 3.27. The summed E-state index contributed by atoms with van der Waals surface area (Å²) in [6, 6.07) is 14.7. The molecule has 1 aliphatic rings. The molecule has 3 nitrogen and oxygen atoms in total. The molecule has 1 aromatic heterocycles. The molecule has 1 aliphatic carbocycles. The summed E-state index contributed by atoms with van der Waals surface area (Å²) in [7, 11) is 1.94. The molecular weight excluding hydrogens is 313 g/mol. The number of hydrogen-bond donors (Lipinski definition) is 0. The molecular formula is C18H15ClFN3. The zero-order chi connectivity index (χ0) is 16.0. The van der Waals surface area contributed by atoms with Crippen molar-refractivity contribution in [2.75, 3.05) is 0 Å². The Hall–Kier alpha value is -2.20. The van der Waals surface area contributed by atoms with Gasteiger partial charge in [0.2, 0.25) is 0 Å². The van der Waals surface area contributed by atoms with Gasteiger partial charge >= 0.3 is 0 Å². The molecule has 0 spiro atoms. The zero-order valence-electron chi connectivity index (χ0n) is 12.6. The van der Waals surface area contributed by atoms with E-state index in [1.807, 2.05) is 29.8 Å². The molecule has 0 amide bonds. The second-order valence-electron chi connectivity index (χ2n) is 5.98. The molecule has 0 N–H and O–H groups in total. The summed E-state index contributed by atoms with van der Waals surface area (Å²) in [4.78, 5) is 0. The van der Waals surface area contributed by atoms with E-state index in [0.717, 1.165) is 18.7 Å². The highest BCUT2D eigenvalue weighted by Gasteiger charge is 2.49. The predicted octanol–water partition coefficient (Wildman–Crippen LogP) is 4.35. The van der Waals surface area contributed by atoms with Gasteiger partial charge in [-0.1, -0.05) is 41.9 Å². The Morgan fingerprint density at radius 3 is 2.48 bits per heavy atom. The minimum Gasteiger partial charge on any atom is -0.313 e. The number of hydrogen-bond acceptors (Lipinski definition) is 2. The third-order valence-electron chi connectivity index (χ3n) is 4.55. The first-order chi connectivity index (χ1) is 11.1. The van der Waals surface area contributed by atoms with Crippen LogP contribution in [0.25, 0.3) is 11.4 Å². The number of nitrogens with zero attached hydrogens (tertiary/aromatic N) is 3. The lowest BCUT2D eigenvalue weighted by atomic mass is 9.95. The Kier molecular flexibility index (Phi) is 3.23. The molecule has 4 rings (SSSR count). The number of halogens is 2. The Morgan fingerprint density at radius 1 is 1.09 bits per heavy atom. The molecule has 1 fully saturated rings. The molecule has 116 valence electrons. The van der Waals surface area contributed by atoms with Crippen LogP contribution in [-0.4, -0.2) is 14.8 Å². The summed E-state index contributed by atoms with van der Waals surface area (Å²) in [5.74, 6) is 1.23. The summed E-state index contributed by atoms with van der Waals surface area (Å²) in [5, 5.41) is 9.09. The summed E-state index contributed by atoms with van der Waals surface area (Å²) >= 11 is 6.17. The second kappa shape index (κ2) is 5.17. The lowest BCUT2D eigenvalue weighted by molar-refractivity contribution is 0.628. The molecule has 0 saturated heterocycles. The Bertz CT molecular complexity index is 869. The molecule has 5 heteroatoms. The maximum absolute atomic E-state index is 13.3. The zero-order valence-corrected chi connectivity index (χ0v) is 13.4. The van der Waals surface area contributed by atoms with Crippen molar-refractivity contribution in [1.82, 2.24) is 14.8 Å². The fourth-order valence-corrected chi connectivity index (χ4v) is 3.43. The van der Waals surface area contributed by atoms with Crippen molar-refractivity contribution >= 4 is 11.6 Å². The summed E-state index contributed by atoms with van der Waals surface area (Å²) in [5.41, 5.74) is 1.89. The van der Waals surface area contributed by atoms with Gasteiger partial charge < -0.3 is 4.57 Å². The third kappa shape index (κ3) is 2.25. The van der Waals surface area contributed by atoms with Gasteiger partial charge in [0, 0.05) is 12.6 Å². The van der Waals surface area contributed by atoms with Crippen molar-refractivity contribution < 1.29 is 4.39 Å². The molecule has 0 bridgehead atoms. The molecule has 2 aromatic carbocycles. The van der Waals surface area contributed by atoms with Crippen molar-refractivity contribution in [3.63, 3.8) is 0 Å². The van der Waals surface area contributed by atoms with Crippen molar-refractivity contribution in [1.29, 1.82) is 0 Å². The van der Waals surface area contributed by atoms with E-state index in [2.05, 4.69) is 22.3 Å². The summed E-state index contributed by atoms with van der Waals surface area (Å²) in [6.07, 6.45) is 2.11. The van der Waals surface area contributed by atoms with Crippen LogP contribution in [0.15, 0.2) is 48.5 Å². The molecule has 1 heterocycles. The standard InChI is InChI=1S/C18H15ClFN3/c1-23-16(14-8-7-13(20)11-15(14)19)21-22-17(23)18(9-10-18)12-5-3-2-4-6-12/h2-8,11H,9-10H2,1H3. The largest absolute Gasteiger partial charge is 0.313 e. The Morgan fingerprint density at radius 2 is 1.83 bits per heavy atom. The maximum atomic E-state index is 13.3. The van der Waals surface area contributed by atoms with Crippen LogP contribution in [0.1, 0.15) is 24.2 Å². The van der Waals surface area contributed by atoms with E-state index in [4.69, 9.17) is 11.6 Å². The van der Waals surface area contributed by atoms with Crippen LogP contribution in [0.2, 0.25) is 5.02 Å². The molecule has 0 unspecified atom stereocenters. The monoisotopic (exact) mass is 327 g/mol. The quantitative estimate of drug-likeness (QED) is 0.716. The molecule has 0 atom stereocenters. The van der Waals surface area contributed by atoms with Crippen LogP contribution < -0.4 is 0 Å². The highest BCUT2D eigenvalue weighted by atomic mass is 35.5. The van der Waals surface area contributed by atoms with Crippen LogP contribution in [0.5, 0.6) is 0 Å². The van der Waals surface area contributed by atoms with Gasteiger partial charge in [0.05, 0.1) is 10.4 Å². The fourth-order valence-electron chi connectivity index (χ4n) is 3.17. The van der Waals surface area contributed by atoms with Gasteiger partial charge in [-0.25, -0.2) is 4.39 Å². The first-order valence-corrected chi connectivity index (χ1v) is 7.90. The van der Waals surface area contributed by atoms with Crippen molar-refractivity contribution in [2.24, 2.45) is 7.05 Å². The first-order valence-electron chi connectivity index (χ1n) is 7.53. The van der Waals surface area contributed by atoms with Gasteiger partial charge in [0.15, 0.2) is 5.82 Å². The predicted molar refractivity (Wildman–Crippen MR) is 87.9 cm³/mol. The minimum absolute atomic E-state index is 0.0617. The SMILES string of the molecule is Cn1c(-c2ccc(F)cc2Cl)nnc1C1(c2ccccc2)CC1. The summed E-state index contributed by atoms with van der Waals surface area (Å²) in [6.45, 7) is 0. The third-order valence-corrected chi connectivity index (χ3v) is 4.86. The molecule has 23 heavy (non-hydrogen) atoms. The van der Waals surface area contributed by atoms with Gasteiger partial charge in [0.1, 0.15) is 11.6 Å². The van der Waals surface area contributed by atoms with Crippen LogP contribution in [0.3, 0.4) is 0 Å². The Balaban J connectivity index is 1.80. The van der Waals surface area contributed by atoms with Gasteiger partial charge in [-0.15, -0.1) is 10.2 Å². The van der Waals surface area contributed by atoms with Gasteiger partial charge in [0.25, 0.3) is 0 Å². The fraction of sp³-hybridized carbons (Fsp3) is 0.222. The smallest absolute Gasteiger partial charge is 0.165 e. The lowest BCUT2D eigenvalue weighted by Crippen LogP contribution is -2.15. The van der Waals surface area contributed by atoms with Gasteiger partial charge in [-0.2, -0.15) is 0 Å². The first kappa shape index (κ1) is 14.4. The van der Waals surface area contributed by atoms with E-state index in [9.17, 15) is 4.39 Å². The van der Waals surface area contributed by atoms with Crippen molar-refractivity contribution in [3.8, 4) is 11.4 Å². The Labute approximate surface area is 138 Å². The number of benzene rings is 2. The highest BCUT2D eigenvalue weighted by Crippen LogP contribution is 2.53. The van der Waals surface area contributed by atoms with Crippen molar-refractivity contribution in [3.05, 3.63) is 70.8 Å². The van der Waals surface area contributed by atoms with Crippen LogP contribution in [0, 0.1) is 5.82 Å². The second-order valence-corrected chi connectivity index (χ2v) is 6.39. The van der Waals surface area contributed by atoms with E-state index in [1.165, 1.54) is 17.7 Å². The minimum atomic E-state index is -0.357. The van der Waals surface area contributed by atoms with Crippen molar-refractivity contribution in [2.45, 2.75) is 18.3 Å². The molecule has 0 aliphatic heterocycles. The van der Waals surface area contributed by atoms with Gasteiger partial charge in [-0.3, -0.25) is 0 Å². The van der Waals surface area contributed by atoms with Crippen LogP contribution in [-0.2, 0) is 12.5 Å². The van der Waals surface area contributed by atoms with E-state index in [0.29, 0.717) is 16.4 Å². The topological polar surface area (TPSA) is 30.7 Å². The maximum Gasteiger partial charge on any atom is 0.165 e.